The second-order valence-corrected chi connectivity index (χ2v) is 4.95. The van der Waals surface area contributed by atoms with Crippen molar-refractivity contribution in [1.82, 2.24) is 0 Å². The first-order valence-electron chi connectivity index (χ1n) is 5.09. The predicted octanol–water partition coefficient (Wildman–Crippen LogP) is 1.82. The first-order chi connectivity index (χ1) is 5.43. The highest BCUT2D eigenvalue weighted by Gasteiger charge is 2.64. The normalized spacial score (nSPS) is 69.8. The van der Waals surface area contributed by atoms with E-state index in [-0.39, 0.29) is 0 Å². The van der Waals surface area contributed by atoms with E-state index in [0.29, 0.717) is 0 Å². The summed E-state index contributed by atoms with van der Waals surface area (Å²) < 4.78 is 5.62. The second kappa shape index (κ2) is 1.52. The molecule has 11 heavy (non-hydrogen) atoms. The fourth-order valence-electron chi connectivity index (χ4n) is 4.27. The molecule has 3 aliphatic carbocycles. The Hall–Kier alpha value is -0.0400. The molecule has 4 fully saturated rings. The number of rotatable bonds is 0. The quantitative estimate of drug-likeness (QED) is 0.480. The van der Waals surface area contributed by atoms with E-state index in [9.17, 15) is 0 Å². The number of ether oxygens (including phenoxy) is 1. The Balaban J connectivity index is 1.76. The van der Waals surface area contributed by atoms with E-state index < -0.39 is 0 Å². The molecule has 0 N–H and O–H groups in total. The van der Waals surface area contributed by atoms with Crippen molar-refractivity contribution in [2.75, 3.05) is 0 Å². The van der Waals surface area contributed by atoms with Crippen LogP contribution in [0.1, 0.15) is 25.7 Å². The van der Waals surface area contributed by atoms with E-state index in [4.69, 9.17) is 4.74 Å². The third kappa shape index (κ3) is 0.516. The van der Waals surface area contributed by atoms with E-state index >= 15 is 0 Å². The van der Waals surface area contributed by atoms with Crippen LogP contribution in [-0.4, -0.2) is 12.2 Å². The number of hydrogen-bond donors (Lipinski definition) is 0. The van der Waals surface area contributed by atoms with Gasteiger partial charge in [-0.25, -0.2) is 0 Å². The van der Waals surface area contributed by atoms with Crippen LogP contribution in [-0.2, 0) is 4.74 Å². The Kier molecular flexibility index (Phi) is 0.769. The molecule has 1 saturated heterocycles. The van der Waals surface area contributed by atoms with Crippen molar-refractivity contribution in [3.8, 4) is 0 Å². The minimum Gasteiger partial charge on any atom is -0.369 e. The van der Waals surface area contributed by atoms with Gasteiger partial charge in [-0.1, -0.05) is 0 Å². The van der Waals surface area contributed by atoms with Crippen LogP contribution in [0.4, 0.5) is 0 Å². The van der Waals surface area contributed by atoms with Gasteiger partial charge < -0.3 is 4.74 Å². The summed E-state index contributed by atoms with van der Waals surface area (Å²) in [6.07, 6.45) is 7.53. The summed E-state index contributed by atoms with van der Waals surface area (Å²) in [4.78, 5) is 0. The lowest BCUT2D eigenvalue weighted by Crippen LogP contribution is -2.22. The summed E-state index contributed by atoms with van der Waals surface area (Å²) in [5.41, 5.74) is 0. The Morgan fingerprint density at radius 2 is 1.91 bits per heavy atom. The largest absolute Gasteiger partial charge is 0.369 e. The van der Waals surface area contributed by atoms with Gasteiger partial charge in [-0.15, -0.1) is 0 Å². The van der Waals surface area contributed by atoms with E-state index in [1.165, 1.54) is 12.8 Å². The monoisotopic (exact) mass is 150 g/mol. The van der Waals surface area contributed by atoms with E-state index in [1.54, 1.807) is 12.8 Å². The van der Waals surface area contributed by atoms with E-state index in [0.717, 1.165) is 35.9 Å². The van der Waals surface area contributed by atoms with Gasteiger partial charge in [0.25, 0.3) is 0 Å². The van der Waals surface area contributed by atoms with Crippen LogP contribution < -0.4 is 0 Å². The molecule has 60 valence electrons. The lowest BCUT2D eigenvalue weighted by molar-refractivity contribution is 0.147. The molecule has 1 heterocycles. The van der Waals surface area contributed by atoms with Gasteiger partial charge in [0.1, 0.15) is 0 Å². The van der Waals surface area contributed by atoms with Gasteiger partial charge >= 0.3 is 0 Å². The average molecular weight is 150 g/mol. The molecule has 1 nitrogen and oxygen atoms in total. The first-order valence-corrected chi connectivity index (χ1v) is 5.09. The highest BCUT2D eigenvalue weighted by atomic mass is 16.6. The van der Waals surface area contributed by atoms with Crippen LogP contribution in [0.2, 0.25) is 0 Å². The summed E-state index contributed by atoms with van der Waals surface area (Å²) >= 11 is 0. The van der Waals surface area contributed by atoms with E-state index in [1.807, 2.05) is 0 Å². The minimum absolute atomic E-state index is 0.730. The third-order valence-corrected chi connectivity index (χ3v) is 4.66. The van der Waals surface area contributed by atoms with Gasteiger partial charge in [-0.05, 0) is 49.4 Å². The molecule has 4 aliphatic rings. The molecule has 1 aliphatic heterocycles. The maximum atomic E-state index is 5.62. The molecule has 0 radical (unpaired) electrons. The van der Waals surface area contributed by atoms with Crippen molar-refractivity contribution in [3.63, 3.8) is 0 Å². The van der Waals surface area contributed by atoms with Crippen LogP contribution in [0.3, 0.4) is 0 Å². The molecular weight excluding hydrogens is 136 g/mol. The van der Waals surface area contributed by atoms with Gasteiger partial charge in [0.05, 0.1) is 12.2 Å². The zero-order chi connectivity index (χ0) is 7.00. The molecule has 0 aromatic carbocycles. The smallest absolute Gasteiger partial charge is 0.0875 e. The van der Waals surface area contributed by atoms with Gasteiger partial charge in [0.15, 0.2) is 0 Å². The lowest BCUT2D eigenvalue weighted by Gasteiger charge is -2.25. The molecule has 4 rings (SSSR count). The van der Waals surface area contributed by atoms with Crippen molar-refractivity contribution in [2.24, 2.45) is 23.7 Å². The topological polar surface area (TPSA) is 12.5 Å². The zero-order valence-electron chi connectivity index (χ0n) is 6.70. The molecule has 0 aromatic rings. The molecule has 0 spiro atoms. The molecular formula is C10H14O. The Bertz CT molecular complexity index is 213. The first kappa shape index (κ1) is 5.58. The van der Waals surface area contributed by atoms with Gasteiger partial charge in [0.2, 0.25) is 0 Å². The van der Waals surface area contributed by atoms with Crippen molar-refractivity contribution in [2.45, 2.75) is 37.9 Å². The maximum absolute atomic E-state index is 5.62. The van der Waals surface area contributed by atoms with Crippen molar-refractivity contribution in [3.05, 3.63) is 0 Å². The predicted molar refractivity (Wildman–Crippen MR) is 41.1 cm³/mol. The van der Waals surface area contributed by atoms with Gasteiger partial charge in [-0.3, -0.25) is 0 Å². The van der Waals surface area contributed by atoms with Crippen molar-refractivity contribution < 1.29 is 4.74 Å². The Morgan fingerprint density at radius 1 is 1.00 bits per heavy atom. The standard InChI is InChI=1S/C10H14O/c1-2-6-3-5(1)7-4-8-10(11-8)9(6)7/h5-10H,1-4H2/t5-,6-,7-,8-,9-,10-/m0/s1. The average Bonchev–Trinajstić information content (AvgIpc) is 2.53. The summed E-state index contributed by atoms with van der Waals surface area (Å²) in [6, 6.07) is 0. The number of fused-ring (bicyclic) bond motifs is 7. The summed E-state index contributed by atoms with van der Waals surface area (Å²) in [5.74, 6) is 4.35. The van der Waals surface area contributed by atoms with Gasteiger partial charge in [-0.2, -0.15) is 0 Å². The van der Waals surface area contributed by atoms with E-state index in [2.05, 4.69) is 0 Å². The number of hydrogen-bond acceptors (Lipinski definition) is 1. The van der Waals surface area contributed by atoms with Crippen LogP contribution in [0.25, 0.3) is 0 Å². The highest BCUT2D eigenvalue weighted by molar-refractivity contribution is 5.12. The maximum Gasteiger partial charge on any atom is 0.0875 e. The van der Waals surface area contributed by atoms with Crippen LogP contribution in [0, 0.1) is 23.7 Å². The lowest BCUT2D eigenvalue weighted by atomic mass is 9.81. The molecule has 0 aromatic heterocycles. The van der Waals surface area contributed by atoms with Gasteiger partial charge in [0, 0.05) is 0 Å². The van der Waals surface area contributed by atoms with Crippen LogP contribution >= 0.6 is 0 Å². The van der Waals surface area contributed by atoms with Crippen molar-refractivity contribution >= 4 is 0 Å². The Morgan fingerprint density at radius 3 is 2.82 bits per heavy atom. The minimum atomic E-state index is 0.730. The fraction of sp³-hybridized carbons (Fsp3) is 1.00. The molecule has 0 amide bonds. The van der Waals surface area contributed by atoms with Crippen molar-refractivity contribution in [1.29, 1.82) is 0 Å². The molecule has 3 saturated carbocycles. The zero-order valence-corrected chi connectivity index (χ0v) is 6.70. The fourth-order valence-corrected chi connectivity index (χ4v) is 4.27. The SMILES string of the molecule is C1C[C@H]2C[C@H]1[C@@H]1C[C@@H]3O[C@@H]3[C@@H]21. The molecule has 1 heteroatoms. The highest BCUT2D eigenvalue weighted by Crippen LogP contribution is 2.64. The van der Waals surface area contributed by atoms with Crippen LogP contribution in [0.5, 0.6) is 0 Å². The second-order valence-electron chi connectivity index (χ2n) is 4.95. The summed E-state index contributed by atoms with van der Waals surface area (Å²) in [5, 5.41) is 0. The molecule has 6 atom stereocenters. The van der Waals surface area contributed by atoms with Crippen LogP contribution in [0.15, 0.2) is 0 Å². The summed E-state index contributed by atoms with van der Waals surface area (Å²) in [7, 11) is 0. The Labute approximate surface area is 67.1 Å². The molecule has 0 unspecified atom stereocenters. The third-order valence-electron chi connectivity index (χ3n) is 4.66. The number of epoxide rings is 1. The molecule has 2 bridgehead atoms. The summed E-state index contributed by atoms with van der Waals surface area (Å²) in [6.45, 7) is 0.